The number of nitroso groups, excluding NO2 is 1. The Labute approximate surface area is 29.2 Å². The second-order valence-electron chi connectivity index (χ2n) is 0.445. The highest BCUT2D eigenvalue weighted by atomic mass is 16.3. The molecule has 0 bridgehead atoms. The molecule has 0 saturated heterocycles. The van der Waals surface area contributed by atoms with E-state index in [2.05, 4.69) is 5.18 Å². The van der Waals surface area contributed by atoms with Crippen LogP contribution in [0, 0.1) is 16.2 Å². The van der Waals surface area contributed by atoms with Gasteiger partial charge in [-0.1, -0.05) is 5.18 Å². The minimum atomic E-state index is -0.236. The molecule has 0 rings (SSSR count). The van der Waals surface area contributed by atoms with E-state index in [4.69, 9.17) is 10.2 Å². The molecule has 0 aliphatic heterocycles. The molecule has 0 aromatic heterocycles. The van der Waals surface area contributed by atoms with Gasteiger partial charge in [0, 0.05) is 0 Å². The van der Waals surface area contributed by atoms with E-state index in [1.54, 1.807) is 0 Å². The normalized spacial score (nSPS) is 5.40. The van der Waals surface area contributed by atoms with Crippen LogP contribution < -0.4 is 0 Å². The zero-order chi connectivity index (χ0) is 4.12. The molecule has 0 unspecified atom stereocenters. The fourth-order valence-corrected chi connectivity index (χ4v) is 0.0289. The Kier molecular flexibility index (Phi) is 2.53. The van der Waals surface area contributed by atoms with E-state index in [1.807, 2.05) is 0 Å². The first-order valence-corrected chi connectivity index (χ1v) is 1.08. The van der Waals surface area contributed by atoms with Crippen molar-refractivity contribution in [1.29, 1.82) is 5.26 Å². The minimum absolute atomic E-state index is 0.236. The van der Waals surface area contributed by atoms with Gasteiger partial charge < -0.3 is 0 Å². The van der Waals surface area contributed by atoms with Crippen molar-refractivity contribution in [1.82, 2.24) is 0 Å². The first kappa shape index (κ1) is 4.09. The van der Waals surface area contributed by atoms with Crippen molar-refractivity contribution in [2.45, 2.75) is 0 Å². The summed E-state index contributed by atoms with van der Waals surface area (Å²) in [5.41, 5.74) is 0. The van der Waals surface area contributed by atoms with Crippen molar-refractivity contribution < 1.29 is 0 Å². The topological polar surface area (TPSA) is 53.2 Å². The van der Waals surface area contributed by atoms with Crippen LogP contribution in [0.1, 0.15) is 0 Å². The van der Waals surface area contributed by atoms with Crippen molar-refractivity contribution in [3.8, 4) is 6.07 Å². The number of hydrogen-bond donors (Lipinski definition) is 0. The summed E-state index contributed by atoms with van der Waals surface area (Å²) in [6.07, 6.45) is 0. The van der Waals surface area contributed by atoms with Crippen LogP contribution in [0.15, 0.2) is 5.18 Å². The quantitative estimate of drug-likeness (QED) is 0.328. The van der Waals surface area contributed by atoms with Crippen molar-refractivity contribution in [3.05, 3.63) is 4.91 Å². The van der Waals surface area contributed by atoms with Gasteiger partial charge in [0.1, 0.15) is 0 Å². The summed E-state index contributed by atoms with van der Waals surface area (Å²) in [6, 6.07) is 1.54. The Morgan fingerprint density at radius 1 is 2.00 bits per heavy atom. The zero-order valence-electron chi connectivity index (χ0n) is 2.51. The van der Waals surface area contributed by atoms with Crippen LogP contribution in [-0.2, 0) is 0 Å². The first-order valence-electron chi connectivity index (χ1n) is 1.08. The summed E-state index contributed by atoms with van der Waals surface area (Å²) >= 11 is 0. The molecule has 0 amide bonds. The Bertz CT molecular complexity index is 62.5. The highest BCUT2D eigenvalue weighted by Crippen LogP contribution is 1.54. The molecule has 0 aromatic rings. The van der Waals surface area contributed by atoms with Crippen LogP contribution in [0.25, 0.3) is 0 Å². The van der Waals surface area contributed by atoms with Gasteiger partial charge in [-0.2, -0.15) is 5.26 Å². The standard InChI is InChI=1S/C2H2N2O/c3-1-2-4-5/h2H2. The van der Waals surface area contributed by atoms with Crippen molar-refractivity contribution in [2.24, 2.45) is 5.18 Å². The molecule has 26 valence electrons. The molecular weight excluding hydrogens is 68.0 g/mol. The molecule has 0 fully saturated rings. The highest BCUT2D eigenvalue weighted by molar-refractivity contribution is 4.70. The fourth-order valence-electron chi connectivity index (χ4n) is 0.0289. The van der Waals surface area contributed by atoms with E-state index >= 15 is 0 Å². The third-order valence-corrected chi connectivity index (χ3v) is 0.135. The Hall–Kier alpha value is -0.910. The van der Waals surface area contributed by atoms with Crippen molar-refractivity contribution in [2.75, 3.05) is 6.54 Å². The van der Waals surface area contributed by atoms with E-state index in [1.165, 1.54) is 6.07 Å². The van der Waals surface area contributed by atoms with Crippen LogP contribution >= 0.6 is 0 Å². The van der Waals surface area contributed by atoms with Crippen molar-refractivity contribution >= 4 is 0 Å². The van der Waals surface area contributed by atoms with Gasteiger partial charge in [-0.05, 0) is 0 Å². The van der Waals surface area contributed by atoms with Gasteiger partial charge in [-0.3, -0.25) is 0 Å². The molecule has 0 radical (unpaired) electrons. The summed E-state index contributed by atoms with van der Waals surface area (Å²) in [5, 5.41) is 9.77. The molecule has 0 saturated carbocycles. The van der Waals surface area contributed by atoms with Gasteiger partial charge in [-0.15, -0.1) is 4.91 Å². The number of nitriles is 1. The van der Waals surface area contributed by atoms with Crippen LogP contribution in [-0.4, -0.2) is 6.54 Å². The number of rotatable bonds is 1. The average Bonchev–Trinajstić information content (AvgIpc) is 1.41. The second-order valence-corrected chi connectivity index (χ2v) is 0.445. The summed E-state index contributed by atoms with van der Waals surface area (Å²) in [7, 11) is 0. The lowest BCUT2D eigenvalue weighted by Crippen LogP contribution is -1.60. The maximum atomic E-state index is 8.93. The van der Waals surface area contributed by atoms with Gasteiger partial charge >= 0.3 is 0 Å². The van der Waals surface area contributed by atoms with E-state index in [9.17, 15) is 0 Å². The van der Waals surface area contributed by atoms with E-state index in [0.29, 0.717) is 0 Å². The molecule has 0 aromatic carbocycles. The van der Waals surface area contributed by atoms with Crippen LogP contribution in [0.3, 0.4) is 0 Å². The summed E-state index contributed by atoms with van der Waals surface area (Å²) in [6.45, 7) is -0.236. The zero-order valence-corrected chi connectivity index (χ0v) is 2.51. The Morgan fingerprint density at radius 3 is 2.60 bits per heavy atom. The van der Waals surface area contributed by atoms with E-state index in [-0.39, 0.29) is 6.54 Å². The largest absolute Gasteiger partial charge is 0.196 e. The maximum absolute atomic E-state index is 8.93. The number of nitrogens with zero attached hydrogens (tertiary/aromatic N) is 2. The molecule has 0 aliphatic rings. The van der Waals surface area contributed by atoms with Gasteiger partial charge in [-0.25, -0.2) is 0 Å². The molecule has 0 atom stereocenters. The highest BCUT2D eigenvalue weighted by Gasteiger charge is 1.63. The third kappa shape index (κ3) is 3.09. The minimum Gasteiger partial charge on any atom is -0.196 e. The van der Waals surface area contributed by atoms with Gasteiger partial charge in [0.05, 0.1) is 6.07 Å². The molecule has 0 aliphatic carbocycles. The molecule has 0 N–H and O–H groups in total. The molecule has 0 heterocycles. The second kappa shape index (κ2) is 3.09. The predicted molar refractivity (Wildman–Crippen MR) is 16.3 cm³/mol. The van der Waals surface area contributed by atoms with Crippen LogP contribution in [0.4, 0.5) is 0 Å². The number of hydrogen-bond acceptors (Lipinski definition) is 3. The van der Waals surface area contributed by atoms with Gasteiger partial charge in [0.2, 0.25) is 0 Å². The smallest absolute Gasteiger partial charge is 0.167 e. The monoisotopic (exact) mass is 70.0 g/mol. The van der Waals surface area contributed by atoms with E-state index in [0.717, 1.165) is 0 Å². The fraction of sp³-hybridized carbons (Fsp3) is 0.500. The summed E-state index contributed by atoms with van der Waals surface area (Å²) in [5.74, 6) is 0. The van der Waals surface area contributed by atoms with Gasteiger partial charge in [0.25, 0.3) is 0 Å². The summed E-state index contributed by atoms with van der Waals surface area (Å²) in [4.78, 5) is 8.93. The lowest BCUT2D eigenvalue weighted by atomic mass is 10.8. The SMILES string of the molecule is N#CCN=O. The average molecular weight is 70.1 g/mol. The van der Waals surface area contributed by atoms with Crippen LogP contribution in [0.5, 0.6) is 0 Å². The van der Waals surface area contributed by atoms with Crippen molar-refractivity contribution in [3.63, 3.8) is 0 Å². The molecule has 0 spiro atoms. The molecule has 5 heavy (non-hydrogen) atoms. The molecule has 3 heteroatoms. The van der Waals surface area contributed by atoms with Gasteiger partial charge in [0.15, 0.2) is 6.54 Å². The molecule has 3 nitrogen and oxygen atoms in total. The lowest BCUT2D eigenvalue weighted by Gasteiger charge is -1.50. The Balaban J connectivity index is 2.75. The maximum Gasteiger partial charge on any atom is 0.167 e. The van der Waals surface area contributed by atoms with Crippen LogP contribution in [0.2, 0.25) is 0 Å². The molecular formula is C2H2N2O. The Morgan fingerprint density at radius 2 is 2.60 bits per heavy atom. The first-order chi connectivity index (χ1) is 2.41. The third-order valence-electron chi connectivity index (χ3n) is 0.135. The van der Waals surface area contributed by atoms with E-state index < -0.39 is 0 Å². The summed E-state index contributed by atoms with van der Waals surface area (Å²) < 4.78 is 0. The predicted octanol–water partition coefficient (Wildman–Crippen LogP) is 0.276. The lowest BCUT2D eigenvalue weighted by molar-refractivity contribution is 1.22.